The van der Waals surface area contributed by atoms with E-state index in [0.29, 0.717) is 28.2 Å². The van der Waals surface area contributed by atoms with Crippen molar-refractivity contribution in [3.8, 4) is 39.3 Å². The zero-order valence-electron chi connectivity index (χ0n) is 31.0. The number of hydrogen-bond acceptors (Lipinski definition) is 1. The quantitative estimate of drug-likeness (QED) is 0.155. The topological polar surface area (TPSA) is 17.8 Å². The molecule has 0 atom stereocenters. The summed E-state index contributed by atoms with van der Waals surface area (Å²) in [5.74, 6) is 0. The van der Waals surface area contributed by atoms with Crippen molar-refractivity contribution in [3.63, 3.8) is 0 Å². The zero-order chi connectivity index (χ0) is 39.6. The van der Waals surface area contributed by atoms with Crippen molar-refractivity contribution in [2.75, 3.05) is 0 Å². The van der Waals surface area contributed by atoms with Gasteiger partial charge in [-0.25, -0.2) is 4.98 Å². The Morgan fingerprint density at radius 2 is 0.839 bits per heavy atom. The molecule has 8 rings (SSSR count). The summed E-state index contributed by atoms with van der Waals surface area (Å²) in [5, 5.41) is 1.93. The van der Waals surface area contributed by atoms with Gasteiger partial charge in [0, 0.05) is 27.6 Å². The van der Waals surface area contributed by atoms with E-state index in [1.54, 1.807) is 12.1 Å². The molecule has 0 amide bonds. The smallest absolute Gasteiger partial charge is 0.309 e. The molecule has 8 aromatic rings. The van der Waals surface area contributed by atoms with Crippen molar-refractivity contribution in [2.45, 2.75) is 45.5 Å². The predicted octanol–water partition coefficient (Wildman–Crippen LogP) is 13.8. The summed E-state index contributed by atoms with van der Waals surface area (Å²) in [4.78, 5) is 4.84. The second kappa shape index (κ2) is 13.6. The maximum atomic E-state index is 15.4. The van der Waals surface area contributed by atoms with E-state index in [1.807, 2.05) is 105 Å². The zero-order valence-corrected chi connectivity index (χ0v) is 31.0. The van der Waals surface area contributed by atoms with Gasteiger partial charge in [0.2, 0.25) is 5.41 Å². The molecule has 0 fully saturated rings. The normalized spacial score (nSPS) is 12.5. The maximum absolute atomic E-state index is 15.4. The lowest BCUT2D eigenvalue weighted by Gasteiger charge is -2.38. The number of benzene rings is 6. The van der Waals surface area contributed by atoms with Gasteiger partial charge < -0.3 is 4.57 Å². The minimum absolute atomic E-state index is 0.446. The Hall–Kier alpha value is -6.15. The molecule has 56 heavy (non-hydrogen) atoms. The Morgan fingerprint density at radius 3 is 1.25 bits per heavy atom. The average molecular weight is 755 g/mol. The van der Waals surface area contributed by atoms with Gasteiger partial charge in [0.1, 0.15) is 0 Å². The molecule has 6 aromatic carbocycles. The van der Waals surface area contributed by atoms with Crippen LogP contribution < -0.4 is 0 Å². The Bertz CT molecular complexity index is 2590. The molecule has 0 unspecified atom stereocenters. The number of rotatable bonds is 6. The van der Waals surface area contributed by atoms with Gasteiger partial charge in [0.25, 0.3) is 0 Å². The van der Waals surface area contributed by atoms with Gasteiger partial charge >= 0.3 is 12.4 Å². The van der Waals surface area contributed by atoms with Crippen molar-refractivity contribution in [1.82, 2.24) is 9.55 Å². The molecule has 0 aliphatic carbocycles. The summed E-state index contributed by atoms with van der Waals surface area (Å²) >= 11 is 0. The Kier molecular flexibility index (Phi) is 8.91. The summed E-state index contributed by atoms with van der Waals surface area (Å²) in [5.41, 5.74) is 3.90. The van der Waals surface area contributed by atoms with Crippen LogP contribution in [0.15, 0.2) is 146 Å². The molecule has 0 N–H and O–H groups in total. The van der Waals surface area contributed by atoms with E-state index in [1.165, 1.54) is 24.3 Å². The van der Waals surface area contributed by atoms with Crippen molar-refractivity contribution < 1.29 is 26.3 Å². The van der Waals surface area contributed by atoms with Crippen LogP contribution in [0.3, 0.4) is 0 Å². The SMILES string of the molecule is Cc1cc(C)c2c(c1)c1cc(C)cc(C)c1n2-c1ccc(C(c2ccc(-c3cc(-c4ccccc4)nc(-c4ccccc4)c3)cc2)(C(F)(F)F)C(F)(F)F)cc1. The fourth-order valence-electron chi connectivity index (χ4n) is 8.26. The minimum Gasteiger partial charge on any atom is -0.309 e. The van der Waals surface area contributed by atoms with E-state index < -0.39 is 28.9 Å². The molecule has 2 heterocycles. The first-order chi connectivity index (χ1) is 26.7. The number of nitrogens with zero attached hydrogens (tertiary/aromatic N) is 2. The molecule has 280 valence electrons. The number of alkyl halides is 6. The summed E-state index contributed by atoms with van der Waals surface area (Å²) in [7, 11) is 0. The van der Waals surface area contributed by atoms with E-state index in [2.05, 4.69) is 12.1 Å². The van der Waals surface area contributed by atoms with Crippen molar-refractivity contribution in [3.05, 3.63) is 179 Å². The number of pyridine rings is 1. The molecular formula is C48H36F6N2. The van der Waals surface area contributed by atoms with Gasteiger partial charge in [-0.2, -0.15) is 26.3 Å². The van der Waals surface area contributed by atoms with Gasteiger partial charge in [-0.05, 0) is 97.5 Å². The van der Waals surface area contributed by atoms with Gasteiger partial charge in [-0.3, -0.25) is 0 Å². The summed E-state index contributed by atoms with van der Waals surface area (Å²) in [6.07, 6.45) is -11.5. The number of aromatic nitrogens is 2. The maximum Gasteiger partial charge on any atom is 0.411 e. The highest BCUT2D eigenvalue weighted by molar-refractivity contribution is 6.11. The fourth-order valence-corrected chi connectivity index (χ4v) is 8.26. The largest absolute Gasteiger partial charge is 0.411 e. The third-order valence-electron chi connectivity index (χ3n) is 10.7. The molecule has 0 bridgehead atoms. The molecule has 0 aliphatic heterocycles. The standard InChI is InChI=1S/C48H36F6N2/c1-29-23-31(3)44-40(25-29)41-26-30(2)24-32(4)45(41)56(44)39-21-19-38(20-22-39)46(47(49,50)51,48(52,53)54)37-17-15-33(16-18-37)36-27-42(34-11-7-5-8-12-34)55-43(28-36)35-13-9-6-10-14-35/h5-28H,1-4H3. The van der Waals surface area contributed by atoms with Crippen LogP contribution in [0, 0.1) is 27.7 Å². The lowest BCUT2D eigenvalue weighted by molar-refractivity contribution is -0.288. The first-order valence-electron chi connectivity index (χ1n) is 18.2. The first kappa shape index (κ1) is 36.8. The molecule has 0 spiro atoms. The summed E-state index contributed by atoms with van der Waals surface area (Å²) in [6.45, 7) is 7.91. The predicted molar refractivity (Wildman–Crippen MR) is 213 cm³/mol. The van der Waals surface area contributed by atoms with Crippen LogP contribution in [-0.4, -0.2) is 21.9 Å². The average Bonchev–Trinajstić information content (AvgIpc) is 3.49. The lowest BCUT2D eigenvalue weighted by atomic mass is 9.72. The molecule has 2 aromatic heterocycles. The summed E-state index contributed by atoms with van der Waals surface area (Å²) in [6, 6.07) is 39.7. The Labute approximate surface area is 320 Å². The van der Waals surface area contributed by atoms with Crippen LogP contribution in [0.4, 0.5) is 26.3 Å². The number of halogens is 6. The number of fused-ring (bicyclic) bond motifs is 3. The van der Waals surface area contributed by atoms with Crippen LogP contribution >= 0.6 is 0 Å². The molecular weight excluding hydrogens is 719 g/mol. The van der Waals surface area contributed by atoms with Gasteiger partial charge in [-0.15, -0.1) is 0 Å². The van der Waals surface area contributed by atoms with Crippen LogP contribution in [-0.2, 0) is 5.41 Å². The van der Waals surface area contributed by atoms with Crippen molar-refractivity contribution in [1.29, 1.82) is 0 Å². The van der Waals surface area contributed by atoms with Crippen LogP contribution in [0.25, 0.3) is 61.1 Å². The first-order valence-corrected chi connectivity index (χ1v) is 18.2. The molecule has 2 nitrogen and oxygen atoms in total. The minimum atomic E-state index is -5.74. The van der Waals surface area contributed by atoms with E-state index >= 15 is 26.3 Å². The third-order valence-corrected chi connectivity index (χ3v) is 10.7. The monoisotopic (exact) mass is 754 g/mol. The van der Waals surface area contributed by atoms with Crippen LogP contribution in [0.5, 0.6) is 0 Å². The molecule has 8 heteroatoms. The molecule has 0 saturated heterocycles. The highest BCUT2D eigenvalue weighted by Crippen LogP contribution is 2.56. The molecule has 0 radical (unpaired) electrons. The van der Waals surface area contributed by atoms with Crippen molar-refractivity contribution >= 4 is 21.8 Å². The van der Waals surface area contributed by atoms with Crippen LogP contribution in [0.2, 0.25) is 0 Å². The highest BCUT2D eigenvalue weighted by Gasteiger charge is 2.72. The Balaban J connectivity index is 1.27. The van der Waals surface area contributed by atoms with E-state index in [9.17, 15) is 0 Å². The van der Waals surface area contributed by atoms with E-state index in [4.69, 9.17) is 4.98 Å². The van der Waals surface area contributed by atoms with Gasteiger partial charge in [0.15, 0.2) is 0 Å². The lowest BCUT2D eigenvalue weighted by Crippen LogP contribution is -2.54. The highest BCUT2D eigenvalue weighted by atomic mass is 19.4. The van der Waals surface area contributed by atoms with Crippen molar-refractivity contribution in [2.24, 2.45) is 0 Å². The Morgan fingerprint density at radius 1 is 0.429 bits per heavy atom. The molecule has 0 aliphatic rings. The molecule has 0 saturated carbocycles. The van der Waals surface area contributed by atoms with E-state index in [-0.39, 0.29) is 0 Å². The van der Waals surface area contributed by atoms with Gasteiger partial charge in [-0.1, -0.05) is 120 Å². The fraction of sp³-hybridized carbons (Fsp3) is 0.146. The second-order valence-corrected chi connectivity index (χ2v) is 14.5. The van der Waals surface area contributed by atoms with Gasteiger partial charge in [0.05, 0.1) is 22.4 Å². The third kappa shape index (κ3) is 6.04. The van der Waals surface area contributed by atoms with Crippen LogP contribution in [0.1, 0.15) is 33.4 Å². The summed E-state index contributed by atoms with van der Waals surface area (Å²) < 4.78 is 94.3. The number of hydrogen-bond donors (Lipinski definition) is 0. The second-order valence-electron chi connectivity index (χ2n) is 14.5. The number of aryl methyl sites for hydroxylation is 4. The van der Waals surface area contributed by atoms with E-state index in [0.717, 1.165) is 79.5 Å².